The second kappa shape index (κ2) is 11.9. The molecule has 1 amide bonds. The molecule has 7 heteroatoms. The molecule has 1 rings (SSSR count). The predicted octanol–water partition coefficient (Wildman–Crippen LogP) is 3.97. The van der Waals surface area contributed by atoms with Crippen molar-refractivity contribution in [1.29, 1.82) is 5.26 Å². The Kier molecular flexibility index (Phi) is 9.90. The zero-order chi connectivity index (χ0) is 22.8. The van der Waals surface area contributed by atoms with E-state index in [1.807, 2.05) is 40.7 Å². The van der Waals surface area contributed by atoms with Crippen LogP contribution in [0.2, 0.25) is 0 Å². The number of carbonyl (C=O) groups is 2. The molecule has 0 unspecified atom stereocenters. The lowest BCUT2D eigenvalue weighted by Crippen LogP contribution is -2.44. The van der Waals surface area contributed by atoms with Crippen molar-refractivity contribution in [2.75, 3.05) is 13.2 Å². The third kappa shape index (κ3) is 7.43. The average Bonchev–Trinajstić information content (AvgIpc) is 2.64. The van der Waals surface area contributed by atoms with E-state index in [2.05, 4.69) is 0 Å². The van der Waals surface area contributed by atoms with E-state index in [0.717, 1.165) is 0 Å². The molecule has 0 heterocycles. The van der Waals surface area contributed by atoms with E-state index in [1.54, 1.807) is 36.9 Å². The van der Waals surface area contributed by atoms with Gasteiger partial charge in [0, 0.05) is 12.1 Å². The molecule has 164 valence electrons. The Morgan fingerprint density at radius 2 is 1.70 bits per heavy atom. The van der Waals surface area contributed by atoms with Gasteiger partial charge in [0.1, 0.15) is 11.6 Å². The highest BCUT2D eigenvalue weighted by Crippen LogP contribution is 2.29. The van der Waals surface area contributed by atoms with Crippen molar-refractivity contribution in [1.82, 2.24) is 4.90 Å². The van der Waals surface area contributed by atoms with Crippen LogP contribution >= 0.6 is 0 Å². The molecule has 1 aromatic carbocycles. The summed E-state index contributed by atoms with van der Waals surface area (Å²) < 4.78 is 16.4. The number of benzene rings is 1. The van der Waals surface area contributed by atoms with E-state index in [9.17, 15) is 14.9 Å². The number of hydrogen-bond donors (Lipinski definition) is 0. The summed E-state index contributed by atoms with van der Waals surface area (Å²) in [4.78, 5) is 26.3. The van der Waals surface area contributed by atoms with Crippen LogP contribution in [0.4, 0.5) is 0 Å². The zero-order valence-corrected chi connectivity index (χ0v) is 18.9. The molecule has 0 bridgehead atoms. The highest BCUT2D eigenvalue weighted by atomic mass is 16.5. The smallest absolute Gasteiger partial charge is 0.349 e. The van der Waals surface area contributed by atoms with Crippen molar-refractivity contribution in [3.8, 4) is 17.6 Å². The third-order valence-electron chi connectivity index (χ3n) is 4.01. The third-order valence-corrected chi connectivity index (χ3v) is 4.01. The number of amides is 1. The van der Waals surface area contributed by atoms with Gasteiger partial charge in [-0.05, 0) is 72.2 Å². The summed E-state index contributed by atoms with van der Waals surface area (Å²) in [5.41, 5.74) is 0.472. The van der Waals surface area contributed by atoms with E-state index in [0.29, 0.717) is 23.7 Å². The van der Waals surface area contributed by atoms with E-state index in [1.165, 1.54) is 6.08 Å². The van der Waals surface area contributed by atoms with Gasteiger partial charge in [-0.1, -0.05) is 6.07 Å². The van der Waals surface area contributed by atoms with Crippen molar-refractivity contribution in [2.45, 2.75) is 66.7 Å². The van der Waals surface area contributed by atoms with E-state index >= 15 is 0 Å². The van der Waals surface area contributed by atoms with Gasteiger partial charge in [0.05, 0.1) is 12.7 Å². The first-order chi connectivity index (χ1) is 14.1. The van der Waals surface area contributed by atoms with Crippen molar-refractivity contribution in [3.05, 3.63) is 29.3 Å². The van der Waals surface area contributed by atoms with Crippen LogP contribution in [0.3, 0.4) is 0 Å². The van der Waals surface area contributed by atoms with Gasteiger partial charge in [-0.2, -0.15) is 5.26 Å². The van der Waals surface area contributed by atoms with Gasteiger partial charge in [0.2, 0.25) is 0 Å². The molecular weight excluding hydrogens is 384 g/mol. The fourth-order valence-electron chi connectivity index (χ4n) is 2.97. The summed E-state index contributed by atoms with van der Waals surface area (Å²) in [5.74, 6) is 0.0424. The molecule has 0 N–H and O–H groups in total. The van der Waals surface area contributed by atoms with Crippen LogP contribution in [0.25, 0.3) is 6.08 Å². The second-order valence-corrected chi connectivity index (χ2v) is 7.54. The first kappa shape index (κ1) is 25.0. The van der Waals surface area contributed by atoms with Crippen LogP contribution in [0.15, 0.2) is 23.8 Å². The van der Waals surface area contributed by atoms with Gasteiger partial charge in [-0.15, -0.1) is 0 Å². The fraction of sp³-hybridized carbons (Fsp3) is 0.522. The van der Waals surface area contributed by atoms with E-state index in [4.69, 9.17) is 14.2 Å². The van der Waals surface area contributed by atoms with Crippen molar-refractivity contribution in [2.24, 2.45) is 0 Å². The first-order valence-electron chi connectivity index (χ1n) is 10.1. The number of carbonyl (C=O) groups excluding carboxylic acids is 2. The average molecular weight is 417 g/mol. The Balaban J connectivity index is 3.06. The number of ether oxygens (including phenoxy) is 3. The molecule has 1 aromatic rings. The molecule has 30 heavy (non-hydrogen) atoms. The maximum Gasteiger partial charge on any atom is 0.349 e. The number of hydrogen-bond acceptors (Lipinski definition) is 6. The van der Waals surface area contributed by atoms with E-state index in [-0.39, 0.29) is 36.3 Å². The molecule has 0 spiro atoms. The fourth-order valence-corrected chi connectivity index (χ4v) is 2.97. The van der Waals surface area contributed by atoms with Crippen LogP contribution in [-0.2, 0) is 14.3 Å². The zero-order valence-electron chi connectivity index (χ0n) is 18.9. The van der Waals surface area contributed by atoms with Crippen LogP contribution < -0.4 is 9.47 Å². The maximum atomic E-state index is 12.5. The molecule has 0 aliphatic carbocycles. The van der Waals surface area contributed by atoms with Gasteiger partial charge >= 0.3 is 5.97 Å². The van der Waals surface area contributed by atoms with Crippen molar-refractivity contribution >= 4 is 18.0 Å². The van der Waals surface area contributed by atoms with Gasteiger partial charge < -0.3 is 19.1 Å². The Bertz CT molecular complexity index is 798. The summed E-state index contributed by atoms with van der Waals surface area (Å²) in [6, 6.07) is 6.99. The molecule has 0 saturated carbocycles. The molecule has 0 aliphatic heterocycles. The lowest BCUT2D eigenvalue weighted by molar-refractivity contribution is -0.142. The molecule has 0 saturated heterocycles. The Morgan fingerprint density at radius 3 is 2.20 bits per heavy atom. The minimum absolute atomic E-state index is 0.0648. The quantitative estimate of drug-likeness (QED) is 0.326. The lowest BCUT2D eigenvalue weighted by Gasteiger charge is -2.30. The molecule has 0 fully saturated rings. The minimum Gasteiger partial charge on any atom is -0.490 e. The highest BCUT2D eigenvalue weighted by molar-refractivity contribution is 5.98. The SMILES string of the molecule is CCOc1cc(/C=C(\C#N)C(=O)OC(C)C)ccc1OCC(=O)N(C(C)C)C(C)C. The number of esters is 1. The first-order valence-corrected chi connectivity index (χ1v) is 10.1. The molecule has 0 atom stereocenters. The van der Waals surface area contributed by atoms with Crippen LogP contribution in [0, 0.1) is 11.3 Å². The van der Waals surface area contributed by atoms with Gasteiger partial charge in [-0.25, -0.2) is 4.79 Å². The van der Waals surface area contributed by atoms with Crippen molar-refractivity contribution < 1.29 is 23.8 Å². The normalized spacial score (nSPS) is 11.4. The second-order valence-electron chi connectivity index (χ2n) is 7.54. The largest absolute Gasteiger partial charge is 0.490 e. The summed E-state index contributed by atoms with van der Waals surface area (Å²) in [5, 5.41) is 9.27. The van der Waals surface area contributed by atoms with Gasteiger partial charge in [0.15, 0.2) is 18.1 Å². The molecule has 0 radical (unpaired) electrons. The summed E-state index contributed by atoms with van der Waals surface area (Å²) in [7, 11) is 0. The minimum atomic E-state index is -0.682. The summed E-state index contributed by atoms with van der Waals surface area (Å²) >= 11 is 0. The monoisotopic (exact) mass is 416 g/mol. The van der Waals surface area contributed by atoms with Crippen LogP contribution in [0.1, 0.15) is 54.0 Å². The van der Waals surface area contributed by atoms with Crippen LogP contribution in [0.5, 0.6) is 11.5 Å². The van der Waals surface area contributed by atoms with Gasteiger partial charge in [0.25, 0.3) is 5.91 Å². The molecule has 7 nitrogen and oxygen atoms in total. The lowest BCUT2D eigenvalue weighted by atomic mass is 10.1. The van der Waals surface area contributed by atoms with Gasteiger partial charge in [-0.3, -0.25) is 4.79 Å². The molecular formula is C23H32N2O5. The highest BCUT2D eigenvalue weighted by Gasteiger charge is 2.21. The number of rotatable bonds is 10. The Labute approximate surface area is 179 Å². The Hall–Kier alpha value is -3.01. The topological polar surface area (TPSA) is 88.9 Å². The van der Waals surface area contributed by atoms with E-state index < -0.39 is 5.97 Å². The maximum absolute atomic E-state index is 12.5. The number of nitrogens with zero attached hydrogens (tertiary/aromatic N) is 2. The Morgan fingerprint density at radius 1 is 1.07 bits per heavy atom. The standard InChI is InChI=1S/C23H32N2O5/c1-8-28-21-12-18(11-19(13-24)23(27)30-17(6)7)9-10-20(21)29-14-22(26)25(15(2)3)16(4)5/h9-12,15-17H,8,14H2,1-7H3/b19-11+. The summed E-state index contributed by atoms with van der Waals surface area (Å²) in [6.07, 6.45) is 1.11. The summed E-state index contributed by atoms with van der Waals surface area (Å²) in [6.45, 7) is 13.4. The predicted molar refractivity (Wildman–Crippen MR) is 115 cm³/mol. The van der Waals surface area contributed by atoms with Crippen molar-refractivity contribution in [3.63, 3.8) is 0 Å². The number of nitriles is 1. The van der Waals surface area contributed by atoms with Crippen LogP contribution in [-0.4, -0.2) is 48.2 Å². The molecule has 0 aromatic heterocycles. The molecule has 0 aliphatic rings.